The lowest BCUT2D eigenvalue weighted by Gasteiger charge is -2.07. The maximum absolute atomic E-state index is 12.9. The van der Waals surface area contributed by atoms with Crippen LogP contribution in [0.15, 0.2) is 18.2 Å². The summed E-state index contributed by atoms with van der Waals surface area (Å²) in [6.45, 7) is 1.75. The van der Waals surface area contributed by atoms with Gasteiger partial charge < -0.3 is 5.73 Å². The van der Waals surface area contributed by atoms with Crippen molar-refractivity contribution in [2.24, 2.45) is 0 Å². The standard InChI is InChI=1S/C9H13FN2O2S/c1-2-3-15(13,14)12-9-5-7(10)4-8(11)6-9/h4-6,12H,2-3,11H2,1H3. The Hall–Kier alpha value is -1.30. The molecule has 84 valence electrons. The number of halogens is 1. The molecule has 0 fully saturated rings. The molecular weight excluding hydrogens is 219 g/mol. The molecule has 0 radical (unpaired) electrons. The Labute approximate surface area is 88.3 Å². The summed E-state index contributed by atoms with van der Waals surface area (Å²) in [4.78, 5) is 0. The zero-order valence-corrected chi connectivity index (χ0v) is 9.14. The lowest BCUT2D eigenvalue weighted by molar-refractivity contribution is 0.599. The SMILES string of the molecule is CCCS(=O)(=O)Nc1cc(N)cc(F)c1. The van der Waals surface area contributed by atoms with Crippen LogP contribution in [0.1, 0.15) is 13.3 Å². The highest BCUT2D eigenvalue weighted by Gasteiger charge is 2.09. The van der Waals surface area contributed by atoms with Crippen LogP contribution in [0.3, 0.4) is 0 Å². The van der Waals surface area contributed by atoms with Crippen LogP contribution in [0.25, 0.3) is 0 Å². The van der Waals surface area contributed by atoms with Crippen LogP contribution in [0.5, 0.6) is 0 Å². The third kappa shape index (κ3) is 3.75. The van der Waals surface area contributed by atoms with Crippen LogP contribution in [0.2, 0.25) is 0 Å². The summed E-state index contributed by atoms with van der Waals surface area (Å²) >= 11 is 0. The second-order valence-electron chi connectivity index (χ2n) is 3.19. The molecule has 0 aliphatic heterocycles. The molecule has 0 atom stereocenters. The predicted octanol–water partition coefficient (Wildman–Crippen LogP) is 1.56. The first-order valence-electron chi connectivity index (χ1n) is 4.49. The van der Waals surface area contributed by atoms with Crippen molar-refractivity contribution in [2.75, 3.05) is 16.2 Å². The number of hydrogen-bond donors (Lipinski definition) is 2. The van der Waals surface area contributed by atoms with Crippen LogP contribution < -0.4 is 10.5 Å². The van der Waals surface area contributed by atoms with Crippen molar-refractivity contribution in [1.82, 2.24) is 0 Å². The highest BCUT2D eigenvalue weighted by molar-refractivity contribution is 7.92. The van der Waals surface area contributed by atoms with Crippen molar-refractivity contribution >= 4 is 21.4 Å². The fraction of sp³-hybridized carbons (Fsp3) is 0.333. The highest BCUT2D eigenvalue weighted by atomic mass is 32.2. The number of nitrogen functional groups attached to an aromatic ring is 1. The zero-order chi connectivity index (χ0) is 11.5. The van der Waals surface area contributed by atoms with E-state index in [1.165, 1.54) is 6.07 Å². The Bertz CT molecular complexity index is 425. The number of benzene rings is 1. The predicted molar refractivity (Wildman–Crippen MR) is 58.5 cm³/mol. The van der Waals surface area contributed by atoms with Gasteiger partial charge in [-0.25, -0.2) is 12.8 Å². The third-order valence-corrected chi connectivity index (χ3v) is 3.16. The Balaban J connectivity index is 2.90. The molecule has 0 spiro atoms. The topological polar surface area (TPSA) is 72.2 Å². The average molecular weight is 232 g/mol. The van der Waals surface area contributed by atoms with Crippen molar-refractivity contribution in [3.05, 3.63) is 24.0 Å². The van der Waals surface area contributed by atoms with Gasteiger partial charge in [-0.1, -0.05) is 6.92 Å². The molecule has 4 nitrogen and oxygen atoms in total. The maximum atomic E-state index is 12.9. The minimum absolute atomic E-state index is 0.00339. The first kappa shape index (κ1) is 11.8. The molecule has 1 rings (SSSR count). The second kappa shape index (κ2) is 4.48. The lowest BCUT2D eigenvalue weighted by atomic mass is 10.3. The fourth-order valence-electron chi connectivity index (χ4n) is 1.17. The molecule has 0 unspecified atom stereocenters. The molecule has 0 saturated carbocycles. The van der Waals surface area contributed by atoms with Crippen molar-refractivity contribution < 1.29 is 12.8 Å². The summed E-state index contributed by atoms with van der Waals surface area (Å²) in [7, 11) is -3.39. The molecule has 6 heteroatoms. The molecule has 0 amide bonds. The van der Waals surface area contributed by atoms with Crippen LogP contribution in [0, 0.1) is 5.82 Å². The number of hydrogen-bond acceptors (Lipinski definition) is 3. The van der Waals surface area contributed by atoms with Crippen LogP contribution in [-0.4, -0.2) is 14.2 Å². The molecule has 1 aromatic rings. The van der Waals surface area contributed by atoms with Gasteiger partial charge in [-0.3, -0.25) is 4.72 Å². The largest absolute Gasteiger partial charge is 0.399 e. The Kier molecular flexibility index (Phi) is 3.52. The smallest absolute Gasteiger partial charge is 0.232 e. The summed E-state index contributed by atoms with van der Waals surface area (Å²) in [6.07, 6.45) is 0.500. The van der Waals surface area contributed by atoms with E-state index in [9.17, 15) is 12.8 Å². The van der Waals surface area contributed by atoms with Crippen LogP contribution in [-0.2, 0) is 10.0 Å². The highest BCUT2D eigenvalue weighted by Crippen LogP contribution is 2.16. The summed E-state index contributed by atoms with van der Waals surface area (Å²) < 4.78 is 37.8. The Morgan fingerprint density at radius 2 is 2.07 bits per heavy atom. The third-order valence-electron chi connectivity index (χ3n) is 1.67. The van der Waals surface area contributed by atoms with E-state index in [1.54, 1.807) is 6.92 Å². The molecule has 1 aromatic carbocycles. The molecule has 0 saturated heterocycles. The van der Waals surface area contributed by atoms with E-state index in [0.29, 0.717) is 6.42 Å². The molecule has 0 heterocycles. The van der Waals surface area contributed by atoms with Gasteiger partial charge in [0.05, 0.1) is 11.4 Å². The van der Waals surface area contributed by atoms with E-state index in [4.69, 9.17) is 5.73 Å². The van der Waals surface area contributed by atoms with Crippen molar-refractivity contribution in [1.29, 1.82) is 0 Å². The molecule has 0 bridgehead atoms. The van der Waals surface area contributed by atoms with Crippen molar-refractivity contribution in [2.45, 2.75) is 13.3 Å². The molecule has 15 heavy (non-hydrogen) atoms. The van der Waals surface area contributed by atoms with Gasteiger partial charge in [0.1, 0.15) is 5.82 Å². The zero-order valence-electron chi connectivity index (χ0n) is 8.33. The second-order valence-corrected chi connectivity index (χ2v) is 5.04. The number of anilines is 2. The first-order valence-corrected chi connectivity index (χ1v) is 6.15. The van der Waals surface area contributed by atoms with Gasteiger partial charge in [0.25, 0.3) is 0 Å². The fourth-order valence-corrected chi connectivity index (χ4v) is 2.29. The van der Waals surface area contributed by atoms with Crippen molar-refractivity contribution in [3.63, 3.8) is 0 Å². The molecule has 0 aromatic heterocycles. The van der Waals surface area contributed by atoms with Gasteiger partial charge in [-0.15, -0.1) is 0 Å². The molecule has 0 aliphatic rings. The van der Waals surface area contributed by atoms with Crippen LogP contribution in [0.4, 0.5) is 15.8 Å². The number of rotatable bonds is 4. The van der Waals surface area contributed by atoms with E-state index in [0.717, 1.165) is 12.1 Å². The quantitative estimate of drug-likeness (QED) is 0.774. The maximum Gasteiger partial charge on any atom is 0.232 e. The summed E-state index contributed by atoms with van der Waals surface area (Å²) in [5.74, 6) is -0.562. The van der Waals surface area contributed by atoms with Gasteiger partial charge in [0, 0.05) is 5.69 Å². The first-order chi connectivity index (χ1) is 6.93. The molecular formula is C9H13FN2O2S. The van der Waals surface area contributed by atoms with Gasteiger partial charge in [0.2, 0.25) is 10.0 Å². The van der Waals surface area contributed by atoms with Crippen LogP contribution >= 0.6 is 0 Å². The normalized spacial score (nSPS) is 11.3. The summed E-state index contributed by atoms with van der Waals surface area (Å²) in [5, 5.41) is 0. The van der Waals surface area contributed by atoms with E-state index in [-0.39, 0.29) is 17.1 Å². The van der Waals surface area contributed by atoms with Gasteiger partial charge >= 0.3 is 0 Å². The minimum atomic E-state index is -3.39. The molecule has 3 N–H and O–H groups in total. The minimum Gasteiger partial charge on any atom is -0.399 e. The molecule has 0 aliphatic carbocycles. The average Bonchev–Trinajstić information content (AvgIpc) is 1.99. The van der Waals surface area contributed by atoms with Gasteiger partial charge in [-0.05, 0) is 24.6 Å². The van der Waals surface area contributed by atoms with E-state index in [2.05, 4.69) is 4.72 Å². The number of sulfonamides is 1. The lowest BCUT2D eigenvalue weighted by Crippen LogP contribution is -2.16. The van der Waals surface area contributed by atoms with E-state index >= 15 is 0 Å². The van der Waals surface area contributed by atoms with E-state index < -0.39 is 15.8 Å². The van der Waals surface area contributed by atoms with Crippen molar-refractivity contribution in [3.8, 4) is 0 Å². The summed E-state index contributed by atoms with van der Waals surface area (Å²) in [6, 6.07) is 3.58. The van der Waals surface area contributed by atoms with E-state index in [1.807, 2.05) is 0 Å². The van der Waals surface area contributed by atoms with Gasteiger partial charge in [-0.2, -0.15) is 0 Å². The summed E-state index contributed by atoms with van der Waals surface area (Å²) in [5.41, 5.74) is 5.72. The monoisotopic (exact) mass is 232 g/mol. The Morgan fingerprint density at radius 1 is 1.40 bits per heavy atom. The van der Waals surface area contributed by atoms with Gasteiger partial charge in [0.15, 0.2) is 0 Å². The Morgan fingerprint density at radius 3 is 2.60 bits per heavy atom. The number of nitrogens with one attached hydrogen (secondary N) is 1. The number of nitrogens with two attached hydrogens (primary N) is 1.